The van der Waals surface area contributed by atoms with Crippen molar-refractivity contribution < 1.29 is 4.74 Å². The Morgan fingerprint density at radius 2 is 1.71 bits per heavy atom. The highest BCUT2D eigenvalue weighted by Gasteiger charge is 2.14. The molecule has 132 valence electrons. The van der Waals surface area contributed by atoms with Crippen molar-refractivity contribution in [1.29, 1.82) is 0 Å². The van der Waals surface area contributed by atoms with Crippen LogP contribution < -0.4 is 0 Å². The van der Waals surface area contributed by atoms with Gasteiger partial charge in [-0.3, -0.25) is 0 Å². The van der Waals surface area contributed by atoms with Gasteiger partial charge < -0.3 is 9.72 Å². The van der Waals surface area contributed by atoms with Crippen molar-refractivity contribution in [2.75, 3.05) is 13.2 Å². The standard InChI is InChI=1S/C21H32N2O/c1(3-5-7-11-18-15-16-24-17-18)2-4-6-8-14-21-22-19-12-9-10-13-20(19)23-21/h9-10,12-13,18H,1-8,11,14-17H2,(H,22,23)/t18-/m0/s1. The molecule has 0 saturated carbocycles. The van der Waals surface area contributed by atoms with Crippen LogP contribution in [0.4, 0.5) is 0 Å². The molecule has 1 aliphatic rings. The number of unbranched alkanes of at least 4 members (excludes halogenated alkanes) is 7. The van der Waals surface area contributed by atoms with Gasteiger partial charge in [-0.15, -0.1) is 0 Å². The maximum atomic E-state index is 5.43. The lowest BCUT2D eigenvalue weighted by molar-refractivity contribution is 0.183. The van der Waals surface area contributed by atoms with E-state index < -0.39 is 0 Å². The third-order valence-electron chi connectivity index (χ3n) is 5.24. The topological polar surface area (TPSA) is 37.9 Å². The molecule has 1 fully saturated rings. The molecule has 0 aliphatic carbocycles. The van der Waals surface area contributed by atoms with Gasteiger partial charge in [-0.05, 0) is 37.3 Å². The molecule has 2 heterocycles. The molecule has 1 saturated heterocycles. The molecule has 1 N–H and O–H groups in total. The van der Waals surface area contributed by atoms with Crippen LogP contribution in [0.5, 0.6) is 0 Å². The van der Waals surface area contributed by atoms with E-state index in [0.29, 0.717) is 0 Å². The highest BCUT2D eigenvalue weighted by molar-refractivity contribution is 5.74. The normalized spacial score (nSPS) is 17.8. The molecule has 0 spiro atoms. The first-order chi connectivity index (χ1) is 11.9. The van der Waals surface area contributed by atoms with Crippen molar-refractivity contribution in [1.82, 2.24) is 9.97 Å². The third kappa shape index (κ3) is 5.62. The first-order valence-electron chi connectivity index (χ1n) is 9.93. The summed E-state index contributed by atoms with van der Waals surface area (Å²) >= 11 is 0. The summed E-state index contributed by atoms with van der Waals surface area (Å²) in [7, 11) is 0. The largest absolute Gasteiger partial charge is 0.381 e. The molecular weight excluding hydrogens is 296 g/mol. The molecule has 1 aliphatic heterocycles. The van der Waals surface area contributed by atoms with E-state index in [0.717, 1.165) is 42.4 Å². The Bertz CT molecular complexity index is 553. The molecule has 0 amide bonds. The Hall–Kier alpha value is -1.35. The van der Waals surface area contributed by atoms with E-state index in [-0.39, 0.29) is 0 Å². The van der Waals surface area contributed by atoms with Gasteiger partial charge in [0.15, 0.2) is 0 Å². The highest BCUT2D eigenvalue weighted by Crippen LogP contribution is 2.20. The second-order valence-corrected chi connectivity index (χ2v) is 7.30. The summed E-state index contributed by atoms with van der Waals surface area (Å²) in [5, 5.41) is 0. The van der Waals surface area contributed by atoms with Crippen LogP contribution in [0.3, 0.4) is 0 Å². The minimum atomic E-state index is 0.864. The molecule has 1 atom stereocenters. The van der Waals surface area contributed by atoms with Gasteiger partial charge in [0.1, 0.15) is 5.82 Å². The fourth-order valence-corrected chi connectivity index (χ4v) is 3.72. The molecule has 0 bridgehead atoms. The number of fused-ring (bicyclic) bond motifs is 1. The lowest BCUT2D eigenvalue weighted by atomic mass is 9.99. The molecule has 0 unspecified atom stereocenters. The van der Waals surface area contributed by atoms with Gasteiger partial charge in [0.05, 0.1) is 11.0 Å². The molecule has 2 aromatic rings. The van der Waals surface area contributed by atoms with Gasteiger partial charge in [-0.25, -0.2) is 4.98 Å². The molecule has 1 aromatic heterocycles. The lowest BCUT2D eigenvalue weighted by Crippen LogP contribution is -1.98. The first kappa shape index (κ1) is 17.5. The zero-order chi connectivity index (χ0) is 16.5. The minimum absolute atomic E-state index is 0.864. The number of aromatic amines is 1. The second-order valence-electron chi connectivity index (χ2n) is 7.30. The van der Waals surface area contributed by atoms with Gasteiger partial charge in [0.25, 0.3) is 0 Å². The first-order valence-corrected chi connectivity index (χ1v) is 9.93. The Morgan fingerprint density at radius 1 is 0.958 bits per heavy atom. The predicted molar refractivity (Wildman–Crippen MR) is 100 cm³/mol. The van der Waals surface area contributed by atoms with E-state index in [1.807, 2.05) is 0 Å². The number of nitrogens with one attached hydrogen (secondary N) is 1. The van der Waals surface area contributed by atoms with Crippen LogP contribution in [0, 0.1) is 5.92 Å². The third-order valence-corrected chi connectivity index (χ3v) is 5.24. The maximum absolute atomic E-state index is 5.43. The monoisotopic (exact) mass is 328 g/mol. The number of hydrogen-bond donors (Lipinski definition) is 1. The van der Waals surface area contributed by atoms with Crippen molar-refractivity contribution in [3.8, 4) is 0 Å². The number of hydrogen-bond acceptors (Lipinski definition) is 2. The number of nitrogens with zero attached hydrogens (tertiary/aromatic N) is 1. The fourth-order valence-electron chi connectivity index (χ4n) is 3.72. The summed E-state index contributed by atoms with van der Waals surface area (Å²) in [6.45, 7) is 2.02. The number of benzene rings is 1. The fraction of sp³-hybridized carbons (Fsp3) is 0.667. The molecule has 1 aromatic carbocycles. The van der Waals surface area contributed by atoms with E-state index in [9.17, 15) is 0 Å². The van der Waals surface area contributed by atoms with Crippen LogP contribution in [-0.2, 0) is 11.2 Å². The Balaban J connectivity index is 1.16. The van der Waals surface area contributed by atoms with Crippen molar-refractivity contribution in [2.45, 2.75) is 70.6 Å². The van der Waals surface area contributed by atoms with Crippen LogP contribution in [0.15, 0.2) is 24.3 Å². The van der Waals surface area contributed by atoms with Gasteiger partial charge in [-0.1, -0.05) is 57.1 Å². The van der Waals surface area contributed by atoms with Crippen molar-refractivity contribution in [3.63, 3.8) is 0 Å². The maximum Gasteiger partial charge on any atom is 0.107 e. The number of para-hydroxylation sites is 2. The Kier molecular flexibility index (Phi) is 7.15. The summed E-state index contributed by atoms with van der Waals surface area (Å²) in [5.41, 5.74) is 2.26. The van der Waals surface area contributed by atoms with E-state index in [4.69, 9.17) is 4.74 Å². The SMILES string of the molecule is c1ccc2[nH]c(CCCCCCCCCC[C@H]3CCOC3)nc2c1. The van der Waals surface area contributed by atoms with Crippen LogP contribution in [0.25, 0.3) is 11.0 Å². The molecule has 0 radical (unpaired) electrons. The summed E-state index contributed by atoms with van der Waals surface area (Å²) in [6, 6.07) is 8.29. The summed E-state index contributed by atoms with van der Waals surface area (Å²) in [4.78, 5) is 8.07. The average Bonchev–Trinajstić information content (AvgIpc) is 3.25. The number of rotatable bonds is 11. The van der Waals surface area contributed by atoms with Crippen molar-refractivity contribution >= 4 is 11.0 Å². The van der Waals surface area contributed by atoms with Crippen LogP contribution >= 0.6 is 0 Å². The minimum Gasteiger partial charge on any atom is -0.381 e. The van der Waals surface area contributed by atoms with Gasteiger partial charge in [0.2, 0.25) is 0 Å². The summed E-state index contributed by atoms with van der Waals surface area (Å²) in [6.07, 6.45) is 14.8. The number of H-pyrrole nitrogens is 1. The van der Waals surface area contributed by atoms with E-state index in [2.05, 4.69) is 34.2 Å². The van der Waals surface area contributed by atoms with E-state index >= 15 is 0 Å². The van der Waals surface area contributed by atoms with Gasteiger partial charge in [0, 0.05) is 19.6 Å². The number of aromatic nitrogens is 2. The van der Waals surface area contributed by atoms with Gasteiger partial charge in [-0.2, -0.15) is 0 Å². The summed E-state index contributed by atoms with van der Waals surface area (Å²) in [5.74, 6) is 2.01. The highest BCUT2D eigenvalue weighted by atomic mass is 16.5. The molecule has 3 heteroatoms. The van der Waals surface area contributed by atoms with Crippen molar-refractivity contribution in [3.05, 3.63) is 30.1 Å². The predicted octanol–water partition coefficient (Wildman–Crippen LogP) is 5.65. The lowest BCUT2D eigenvalue weighted by Gasteiger charge is -2.06. The molecule has 24 heavy (non-hydrogen) atoms. The van der Waals surface area contributed by atoms with Gasteiger partial charge >= 0.3 is 0 Å². The Labute approximate surface area is 146 Å². The van der Waals surface area contributed by atoms with Crippen LogP contribution in [0.1, 0.15) is 70.0 Å². The van der Waals surface area contributed by atoms with Crippen LogP contribution in [0.2, 0.25) is 0 Å². The van der Waals surface area contributed by atoms with Crippen LogP contribution in [-0.4, -0.2) is 23.2 Å². The molecule has 3 rings (SSSR count). The second kappa shape index (κ2) is 9.83. The number of imidazole rings is 1. The van der Waals surface area contributed by atoms with E-state index in [1.54, 1.807) is 0 Å². The average molecular weight is 329 g/mol. The Morgan fingerprint density at radius 3 is 2.46 bits per heavy atom. The summed E-state index contributed by atoms with van der Waals surface area (Å²) < 4.78 is 5.43. The molecule has 3 nitrogen and oxygen atoms in total. The van der Waals surface area contributed by atoms with Crippen molar-refractivity contribution in [2.24, 2.45) is 5.92 Å². The molecular formula is C21H32N2O. The quantitative estimate of drug-likeness (QED) is 0.541. The zero-order valence-corrected chi connectivity index (χ0v) is 14.9. The zero-order valence-electron chi connectivity index (χ0n) is 14.9. The number of ether oxygens (including phenoxy) is 1. The smallest absolute Gasteiger partial charge is 0.107 e. The number of aryl methyl sites for hydroxylation is 1. The van der Waals surface area contributed by atoms with E-state index in [1.165, 1.54) is 64.2 Å².